The van der Waals surface area contributed by atoms with Gasteiger partial charge in [-0.3, -0.25) is 0 Å². The molecule has 94 valence electrons. The van der Waals surface area contributed by atoms with Crippen molar-refractivity contribution in [2.24, 2.45) is 0 Å². The molecule has 0 aliphatic carbocycles. The standard InChI is InChI=1S/C15H11ClN2O/c16-13-11(7-4-8-12(13)19)15-14(17-9-18-15)10-5-2-1-3-6-10/h1-9,19H,(H,17,18). The van der Waals surface area contributed by atoms with E-state index in [1.54, 1.807) is 18.5 Å². The fraction of sp³-hybridized carbons (Fsp3) is 0. The lowest BCUT2D eigenvalue weighted by atomic mass is 10.0. The monoisotopic (exact) mass is 270 g/mol. The van der Waals surface area contributed by atoms with Crippen LogP contribution in [0, 0.1) is 0 Å². The van der Waals surface area contributed by atoms with Gasteiger partial charge in [0.1, 0.15) is 5.75 Å². The molecular weight excluding hydrogens is 260 g/mol. The Balaban J connectivity index is 2.18. The molecule has 0 unspecified atom stereocenters. The number of phenols is 1. The number of aromatic nitrogens is 2. The predicted octanol–water partition coefficient (Wildman–Crippen LogP) is 4.10. The van der Waals surface area contributed by atoms with E-state index in [1.165, 1.54) is 0 Å². The zero-order valence-corrected chi connectivity index (χ0v) is 10.7. The fourth-order valence-electron chi connectivity index (χ4n) is 2.03. The third-order valence-corrected chi connectivity index (χ3v) is 3.33. The summed E-state index contributed by atoms with van der Waals surface area (Å²) in [5, 5.41) is 10.0. The molecule has 0 saturated carbocycles. The summed E-state index contributed by atoms with van der Waals surface area (Å²) in [6.07, 6.45) is 1.62. The van der Waals surface area contributed by atoms with Gasteiger partial charge in [-0.25, -0.2) is 4.98 Å². The van der Waals surface area contributed by atoms with Crippen molar-refractivity contribution in [2.45, 2.75) is 0 Å². The summed E-state index contributed by atoms with van der Waals surface area (Å²) in [4.78, 5) is 7.42. The van der Waals surface area contributed by atoms with Gasteiger partial charge in [-0.15, -0.1) is 0 Å². The third kappa shape index (κ3) is 2.09. The molecule has 0 amide bonds. The molecule has 4 heteroatoms. The Morgan fingerprint density at radius 3 is 2.58 bits per heavy atom. The molecule has 0 aliphatic heterocycles. The lowest BCUT2D eigenvalue weighted by Gasteiger charge is -2.06. The molecular formula is C15H11ClN2O. The molecule has 3 rings (SSSR count). The molecule has 0 bridgehead atoms. The fourth-order valence-corrected chi connectivity index (χ4v) is 2.25. The van der Waals surface area contributed by atoms with Gasteiger partial charge in [0, 0.05) is 11.1 Å². The minimum Gasteiger partial charge on any atom is -0.506 e. The summed E-state index contributed by atoms with van der Waals surface area (Å²) in [5.74, 6) is 0.0628. The number of aromatic amines is 1. The van der Waals surface area contributed by atoms with Crippen molar-refractivity contribution in [3.8, 4) is 28.3 Å². The topological polar surface area (TPSA) is 48.9 Å². The van der Waals surface area contributed by atoms with Crippen LogP contribution in [0.5, 0.6) is 5.75 Å². The number of nitrogens with zero attached hydrogens (tertiary/aromatic N) is 1. The van der Waals surface area contributed by atoms with Gasteiger partial charge < -0.3 is 10.1 Å². The number of hydrogen-bond donors (Lipinski definition) is 2. The summed E-state index contributed by atoms with van der Waals surface area (Å²) in [7, 11) is 0. The first kappa shape index (κ1) is 11.8. The third-order valence-electron chi connectivity index (χ3n) is 2.93. The van der Waals surface area contributed by atoms with E-state index in [0.29, 0.717) is 5.02 Å². The number of imidazole rings is 1. The predicted molar refractivity (Wildman–Crippen MR) is 76.1 cm³/mol. The minimum absolute atomic E-state index is 0.0628. The number of halogens is 1. The largest absolute Gasteiger partial charge is 0.506 e. The summed E-state index contributed by atoms with van der Waals surface area (Å²) in [6.45, 7) is 0. The number of nitrogens with one attached hydrogen (secondary N) is 1. The smallest absolute Gasteiger partial charge is 0.134 e. The highest BCUT2D eigenvalue weighted by Crippen LogP contribution is 2.37. The number of phenolic OH excluding ortho intramolecular Hbond substituents is 1. The first-order chi connectivity index (χ1) is 9.27. The highest BCUT2D eigenvalue weighted by molar-refractivity contribution is 6.34. The second kappa shape index (κ2) is 4.78. The molecule has 1 heterocycles. The maximum absolute atomic E-state index is 9.69. The van der Waals surface area contributed by atoms with Crippen LogP contribution in [-0.4, -0.2) is 15.1 Å². The lowest BCUT2D eigenvalue weighted by molar-refractivity contribution is 0.476. The van der Waals surface area contributed by atoms with E-state index in [2.05, 4.69) is 9.97 Å². The van der Waals surface area contributed by atoms with E-state index < -0.39 is 0 Å². The summed E-state index contributed by atoms with van der Waals surface area (Å²) in [5.41, 5.74) is 3.34. The van der Waals surface area contributed by atoms with Crippen LogP contribution in [0.2, 0.25) is 5.02 Å². The average Bonchev–Trinajstić information content (AvgIpc) is 2.92. The van der Waals surface area contributed by atoms with Gasteiger partial charge in [-0.05, 0) is 6.07 Å². The van der Waals surface area contributed by atoms with Crippen LogP contribution in [0.1, 0.15) is 0 Å². The van der Waals surface area contributed by atoms with Gasteiger partial charge in [-0.1, -0.05) is 54.1 Å². The van der Waals surface area contributed by atoms with Crippen LogP contribution in [0.4, 0.5) is 0 Å². The van der Waals surface area contributed by atoms with Crippen molar-refractivity contribution < 1.29 is 5.11 Å². The normalized spacial score (nSPS) is 10.6. The molecule has 19 heavy (non-hydrogen) atoms. The summed E-state index contributed by atoms with van der Waals surface area (Å²) >= 11 is 6.15. The average molecular weight is 271 g/mol. The van der Waals surface area contributed by atoms with Crippen molar-refractivity contribution >= 4 is 11.6 Å². The number of H-pyrrole nitrogens is 1. The highest BCUT2D eigenvalue weighted by atomic mass is 35.5. The van der Waals surface area contributed by atoms with Crippen molar-refractivity contribution in [2.75, 3.05) is 0 Å². The van der Waals surface area contributed by atoms with Crippen LogP contribution >= 0.6 is 11.6 Å². The zero-order chi connectivity index (χ0) is 13.2. The van der Waals surface area contributed by atoms with Gasteiger partial charge in [-0.2, -0.15) is 0 Å². The molecule has 0 atom stereocenters. The van der Waals surface area contributed by atoms with Gasteiger partial charge in [0.2, 0.25) is 0 Å². The molecule has 0 saturated heterocycles. The van der Waals surface area contributed by atoms with Crippen molar-refractivity contribution in [1.29, 1.82) is 0 Å². The molecule has 3 nitrogen and oxygen atoms in total. The van der Waals surface area contributed by atoms with Crippen LogP contribution in [0.25, 0.3) is 22.5 Å². The molecule has 0 aliphatic rings. The zero-order valence-electron chi connectivity index (χ0n) is 9.97. The van der Waals surface area contributed by atoms with E-state index >= 15 is 0 Å². The Labute approximate surface area is 115 Å². The molecule has 2 aromatic carbocycles. The summed E-state index contributed by atoms with van der Waals surface area (Å²) < 4.78 is 0. The van der Waals surface area contributed by atoms with Crippen LogP contribution in [0.3, 0.4) is 0 Å². The maximum Gasteiger partial charge on any atom is 0.134 e. The van der Waals surface area contributed by atoms with Gasteiger partial charge in [0.05, 0.1) is 22.7 Å². The minimum atomic E-state index is 0.0628. The quantitative estimate of drug-likeness (QED) is 0.736. The number of benzene rings is 2. The number of hydrogen-bond acceptors (Lipinski definition) is 2. The lowest BCUT2D eigenvalue weighted by Crippen LogP contribution is -1.85. The number of aromatic hydroxyl groups is 1. The highest BCUT2D eigenvalue weighted by Gasteiger charge is 2.14. The van der Waals surface area contributed by atoms with Crippen molar-refractivity contribution in [3.05, 3.63) is 59.9 Å². The first-order valence-corrected chi connectivity index (χ1v) is 6.22. The second-order valence-corrected chi connectivity index (χ2v) is 4.51. The second-order valence-electron chi connectivity index (χ2n) is 4.13. The Hall–Kier alpha value is -2.26. The molecule has 0 spiro atoms. The van der Waals surface area contributed by atoms with Gasteiger partial charge in [0.15, 0.2) is 0 Å². The summed E-state index contributed by atoms with van der Waals surface area (Å²) in [6, 6.07) is 15.0. The molecule has 3 aromatic rings. The van der Waals surface area contributed by atoms with Crippen LogP contribution in [-0.2, 0) is 0 Å². The SMILES string of the molecule is Oc1cccc(-c2[nH]cnc2-c2ccccc2)c1Cl. The van der Waals surface area contributed by atoms with Crippen molar-refractivity contribution in [3.63, 3.8) is 0 Å². The number of rotatable bonds is 2. The Bertz CT molecular complexity index is 707. The van der Waals surface area contributed by atoms with E-state index in [4.69, 9.17) is 11.6 Å². The molecule has 2 N–H and O–H groups in total. The Morgan fingerprint density at radius 2 is 1.79 bits per heavy atom. The maximum atomic E-state index is 9.69. The molecule has 0 radical (unpaired) electrons. The molecule has 0 fully saturated rings. The first-order valence-electron chi connectivity index (χ1n) is 5.84. The Kier molecular flexibility index (Phi) is 2.97. The van der Waals surface area contributed by atoms with E-state index in [-0.39, 0.29) is 5.75 Å². The van der Waals surface area contributed by atoms with E-state index in [0.717, 1.165) is 22.5 Å². The van der Waals surface area contributed by atoms with Crippen LogP contribution in [0.15, 0.2) is 54.9 Å². The van der Waals surface area contributed by atoms with Gasteiger partial charge >= 0.3 is 0 Å². The van der Waals surface area contributed by atoms with E-state index in [9.17, 15) is 5.11 Å². The van der Waals surface area contributed by atoms with Gasteiger partial charge in [0.25, 0.3) is 0 Å². The van der Waals surface area contributed by atoms with Crippen LogP contribution < -0.4 is 0 Å². The molecule has 1 aromatic heterocycles. The van der Waals surface area contributed by atoms with E-state index in [1.807, 2.05) is 36.4 Å². The van der Waals surface area contributed by atoms with Crippen molar-refractivity contribution in [1.82, 2.24) is 9.97 Å². The Morgan fingerprint density at radius 1 is 1.00 bits per heavy atom.